The van der Waals surface area contributed by atoms with Crippen LogP contribution in [0.3, 0.4) is 0 Å². The predicted molar refractivity (Wildman–Crippen MR) is 119 cm³/mol. The Morgan fingerprint density at radius 2 is 1.97 bits per heavy atom. The molecule has 6 nitrogen and oxygen atoms in total. The number of benzene rings is 1. The molecule has 4 heterocycles. The Labute approximate surface area is 182 Å². The average molecular weight is 440 g/mol. The van der Waals surface area contributed by atoms with E-state index in [1.165, 1.54) is 24.2 Å². The van der Waals surface area contributed by atoms with Gasteiger partial charge in [-0.05, 0) is 37.1 Å². The molecule has 5 rings (SSSR count). The fourth-order valence-corrected chi connectivity index (χ4v) is 5.90. The van der Waals surface area contributed by atoms with Crippen LogP contribution in [-0.4, -0.2) is 34.0 Å². The minimum Gasteiger partial charge on any atom is -0.508 e. The molecule has 8 heteroatoms. The van der Waals surface area contributed by atoms with Crippen LogP contribution < -0.4 is 4.90 Å². The summed E-state index contributed by atoms with van der Waals surface area (Å²) in [7, 11) is 0. The summed E-state index contributed by atoms with van der Waals surface area (Å²) in [6.45, 7) is 2.75. The number of thiophene rings is 1. The largest absolute Gasteiger partial charge is 0.508 e. The van der Waals surface area contributed by atoms with Crippen LogP contribution in [0, 0.1) is 0 Å². The molecule has 0 bridgehead atoms. The van der Waals surface area contributed by atoms with Crippen LogP contribution >= 0.6 is 22.7 Å². The number of hydrogen-bond donors (Lipinski definition) is 1. The fourth-order valence-electron chi connectivity index (χ4n) is 3.67. The van der Waals surface area contributed by atoms with E-state index in [1.807, 2.05) is 30.3 Å². The maximum atomic E-state index is 13.4. The number of nitrogens with zero attached hydrogens (tertiary/aromatic N) is 3. The molecule has 0 atom stereocenters. The van der Waals surface area contributed by atoms with E-state index in [2.05, 4.69) is 4.90 Å². The number of thiazole rings is 1. The molecule has 3 aromatic heterocycles. The lowest BCUT2D eigenvalue weighted by atomic mass is 10.2. The molecular formula is C22H21N3O3S2. The third-order valence-corrected chi connectivity index (χ3v) is 7.44. The third-order valence-electron chi connectivity index (χ3n) is 5.23. The fraction of sp³-hybridized carbons (Fsp3) is 0.273. The molecule has 1 amide bonds. The molecule has 4 aromatic rings. The molecule has 1 fully saturated rings. The number of aromatic hydroxyl groups is 1. The molecule has 1 aliphatic heterocycles. The Kier molecular flexibility index (Phi) is 5.18. The number of rotatable bonds is 6. The van der Waals surface area contributed by atoms with Crippen LogP contribution in [0.25, 0.3) is 9.53 Å². The first-order valence-corrected chi connectivity index (χ1v) is 11.5. The van der Waals surface area contributed by atoms with Crippen LogP contribution in [0.4, 0.5) is 5.13 Å². The van der Waals surface area contributed by atoms with E-state index in [4.69, 9.17) is 9.40 Å². The monoisotopic (exact) mass is 439 g/mol. The summed E-state index contributed by atoms with van der Waals surface area (Å²) in [5.41, 5.74) is 0.699. The summed E-state index contributed by atoms with van der Waals surface area (Å²) in [5, 5.41) is 11.2. The zero-order valence-electron chi connectivity index (χ0n) is 16.3. The molecule has 30 heavy (non-hydrogen) atoms. The molecule has 0 aliphatic carbocycles. The lowest BCUT2D eigenvalue weighted by Gasteiger charge is -2.21. The van der Waals surface area contributed by atoms with Crippen molar-refractivity contribution in [3.05, 3.63) is 64.9 Å². The van der Waals surface area contributed by atoms with Gasteiger partial charge in [0.15, 0.2) is 5.13 Å². The van der Waals surface area contributed by atoms with Crippen molar-refractivity contribution in [2.24, 2.45) is 0 Å². The first-order chi connectivity index (χ1) is 14.7. The molecule has 0 radical (unpaired) electrons. The molecule has 1 saturated heterocycles. The van der Waals surface area contributed by atoms with E-state index in [0.717, 1.165) is 27.8 Å². The van der Waals surface area contributed by atoms with Crippen molar-refractivity contribution < 1.29 is 14.3 Å². The van der Waals surface area contributed by atoms with Gasteiger partial charge in [0.1, 0.15) is 16.3 Å². The van der Waals surface area contributed by atoms with Crippen molar-refractivity contribution in [2.75, 3.05) is 18.0 Å². The second-order valence-corrected chi connectivity index (χ2v) is 9.38. The maximum absolute atomic E-state index is 13.4. The number of furan rings is 1. The molecule has 1 aliphatic rings. The van der Waals surface area contributed by atoms with E-state index in [9.17, 15) is 9.90 Å². The van der Waals surface area contributed by atoms with Gasteiger partial charge in [-0.2, -0.15) is 0 Å². The Morgan fingerprint density at radius 1 is 1.13 bits per heavy atom. The van der Waals surface area contributed by atoms with Crippen LogP contribution in [0.2, 0.25) is 0 Å². The van der Waals surface area contributed by atoms with Gasteiger partial charge in [-0.3, -0.25) is 4.79 Å². The number of phenolic OH excluding ortho intramolecular Hbond substituents is 1. The van der Waals surface area contributed by atoms with Crippen molar-refractivity contribution in [1.29, 1.82) is 0 Å². The van der Waals surface area contributed by atoms with Crippen LogP contribution in [0.15, 0.2) is 53.1 Å². The minimum absolute atomic E-state index is 0.0902. The summed E-state index contributed by atoms with van der Waals surface area (Å²) in [4.78, 5) is 23.7. The maximum Gasteiger partial charge on any atom is 0.264 e. The predicted octanol–water partition coefficient (Wildman–Crippen LogP) is 5.10. The van der Waals surface area contributed by atoms with Gasteiger partial charge in [-0.1, -0.05) is 29.5 Å². The van der Waals surface area contributed by atoms with Gasteiger partial charge in [0, 0.05) is 18.7 Å². The van der Waals surface area contributed by atoms with Crippen LogP contribution in [0.5, 0.6) is 5.75 Å². The molecular weight excluding hydrogens is 418 g/mol. The van der Waals surface area contributed by atoms with Gasteiger partial charge in [0.05, 0.1) is 28.9 Å². The summed E-state index contributed by atoms with van der Waals surface area (Å²) in [5.74, 6) is 0.790. The molecule has 0 spiro atoms. The van der Waals surface area contributed by atoms with Crippen molar-refractivity contribution in [2.45, 2.75) is 25.9 Å². The second-order valence-electron chi connectivity index (χ2n) is 7.34. The third kappa shape index (κ3) is 3.80. The Bertz CT molecular complexity index is 1130. The lowest BCUT2D eigenvalue weighted by molar-refractivity contribution is 0.0721. The molecule has 0 saturated carbocycles. The van der Waals surface area contributed by atoms with Gasteiger partial charge in [0.25, 0.3) is 5.91 Å². The summed E-state index contributed by atoms with van der Waals surface area (Å²) in [6, 6.07) is 12.7. The topological polar surface area (TPSA) is 69.8 Å². The number of hydrogen-bond acceptors (Lipinski definition) is 7. The van der Waals surface area contributed by atoms with Crippen LogP contribution in [-0.2, 0) is 13.1 Å². The van der Waals surface area contributed by atoms with Crippen molar-refractivity contribution in [3.63, 3.8) is 0 Å². The van der Waals surface area contributed by atoms with Crippen LogP contribution in [0.1, 0.15) is 33.8 Å². The smallest absolute Gasteiger partial charge is 0.264 e. The number of aromatic nitrogens is 1. The number of carbonyl (C=O) groups is 1. The van der Waals surface area contributed by atoms with E-state index in [1.54, 1.807) is 34.6 Å². The second kappa shape index (κ2) is 8.12. The highest BCUT2D eigenvalue weighted by Crippen LogP contribution is 2.36. The Morgan fingerprint density at radius 3 is 2.70 bits per heavy atom. The first kappa shape index (κ1) is 19.1. The van der Waals surface area contributed by atoms with Gasteiger partial charge >= 0.3 is 0 Å². The van der Waals surface area contributed by atoms with Gasteiger partial charge in [-0.25, -0.2) is 4.98 Å². The normalized spacial score (nSPS) is 13.9. The van der Waals surface area contributed by atoms with E-state index in [0.29, 0.717) is 29.3 Å². The van der Waals surface area contributed by atoms with Gasteiger partial charge in [0.2, 0.25) is 0 Å². The number of carbonyl (C=O) groups excluding carboxylic acids is 1. The molecule has 1 aromatic carbocycles. The van der Waals surface area contributed by atoms with E-state index in [-0.39, 0.29) is 11.7 Å². The summed E-state index contributed by atoms with van der Waals surface area (Å²) < 4.78 is 6.51. The highest BCUT2D eigenvalue weighted by molar-refractivity contribution is 7.29. The SMILES string of the molecule is O=C(c1cc2sc(N3CCCC3)nc2s1)N(Cc1ccco1)Cc1ccccc1O. The average Bonchev–Trinajstić information content (AvgIpc) is 3.51. The van der Waals surface area contributed by atoms with Crippen molar-refractivity contribution >= 4 is 43.2 Å². The minimum atomic E-state index is -0.0902. The lowest BCUT2D eigenvalue weighted by Crippen LogP contribution is -2.29. The van der Waals surface area contributed by atoms with Gasteiger partial charge < -0.3 is 19.3 Å². The van der Waals surface area contributed by atoms with E-state index >= 15 is 0 Å². The number of phenols is 1. The summed E-state index contributed by atoms with van der Waals surface area (Å²) >= 11 is 3.08. The quantitative estimate of drug-likeness (QED) is 0.453. The Balaban J connectivity index is 1.41. The molecule has 154 valence electrons. The molecule has 1 N–H and O–H groups in total. The van der Waals surface area contributed by atoms with Crippen molar-refractivity contribution in [3.8, 4) is 5.75 Å². The highest BCUT2D eigenvalue weighted by atomic mass is 32.1. The Hall–Kier alpha value is -2.84. The van der Waals surface area contributed by atoms with Gasteiger partial charge in [-0.15, -0.1) is 11.3 Å². The zero-order chi connectivity index (χ0) is 20.5. The number of fused-ring (bicyclic) bond motifs is 1. The number of para-hydroxylation sites is 1. The highest BCUT2D eigenvalue weighted by Gasteiger charge is 2.23. The number of amides is 1. The standard InChI is InChI=1S/C22H21N3O3S2/c26-17-8-2-1-6-15(17)13-25(14-16-7-5-11-28-16)21(27)19-12-18-20(29-19)23-22(30-18)24-9-3-4-10-24/h1-2,5-8,11-12,26H,3-4,9-10,13-14H2. The van der Waals surface area contributed by atoms with E-state index < -0.39 is 0 Å². The first-order valence-electron chi connectivity index (χ1n) is 9.91. The summed E-state index contributed by atoms with van der Waals surface area (Å²) in [6.07, 6.45) is 4.03. The number of anilines is 1. The van der Waals surface area contributed by atoms with Crippen molar-refractivity contribution in [1.82, 2.24) is 9.88 Å². The molecule has 0 unspecified atom stereocenters. The zero-order valence-corrected chi connectivity index (χ0v) is 17.9.